The van der Waals surface area contributed by atoms with Gasteiger partial charge in [0.05, 0.1) is 22.7 Å². The van der Waals surface area contributed by atoms with Crippen molar-refractivity contribution < 1.29 is 19.0 Å². The lowest BCUT2D eigenvalue weighted by Gasteiger charge is -2.39. The highest BCUT2D eigenvalue weighted by Gasteiger charge is 2.30. The number of likely N-dealkylation sites (tertiary alicyclic amines) is 1. The van der Waals surface area contributed by atoms with Gasteiger partial charge in [0.25, 0.3) is 0 Å². The molecule has 0 radical (unpaired) electrons. The van der Waals surface area contributed by atoms with Crippen LogP contribution in [-0.4, -0.2) is 47.7 Å². The first-order valence-corrected chi connectivity index (χ1v) is 14.5. The van der Waals surface area contributed by atoms with E-state index < -0.39 is 12.1 Å². The van der Waals surface area contributed by atoms with E-state index in [2.05, 4.69) is 9.88 Å². The number of aromatic nitrogens is 1. The number of carbonyl (C=O) groups is 1. The van der Waals surface area contributed by atoms with E-state index in [-0.39, 0.29) is 12.3 Å². The Hall–Kier alpha value is -2.41. The number of rotatable bonds is 13. The zero-order chi connectivity index (χ0) is 27.8. The van der Waals surface area contributed by atoms with Crippen LogP contribution in [-0.2, 0) is 11.2 Å². The number of carboxylic acid groups (broad SMARTS) is 1. The molecule has 0 bridgehead atoms. The molecule has 0 spiro atoms. The molecule has 210 valence electrons. The fourth-order valence-corrected chi connectivity index (χ4v) is 6.24. The molecule has 4 rings (SSSR count). The average Bonchev–Trinajstić information content (AvgIpc) is 2.94. The molecule has 5 nitrogen and oxygen atoms in total. The minimum absolute atomic E-state index is 0.149. The van der Waals surface area contributed by atoms with Crippen molar-refractivity contribution in [2.75, 3.05) is 26.7 Å². The van der Waals surface area contributed by atoms with Crippen LogP contribution < -0.4 is 4.74 Å². The van der Waals surface area contributed by atoms with E-state index in [9.17, 15) is 9.90 Å². The minimum Gasteiger partial charge on any atom is -0.497 e. The molecule has 0 aliphatic carbocycles. The van der Waals surface area contributed by atoms with Crippen LogP contribution >= 0.6 is 23.2 Å². The molecule has 1 unspecified atom stereocenters. The number of alkyl halides is 1. The van der Waals surface area contributed by atoms with Crippen LogP contribution in [0.4, 0.5) is 4.39 Å². The lowest BCUT2D eigenvalue weighted by atomic mass is 9.79. The number of nitrogens with zero attached hydrogens (tertiary/aromatic N) is 2. The number of pyridine rings is 1. The minimum atomic E-state index is -1.11. The number of carboxylic acids is 1. The SMILES string of the molecule is COc1ccc2nccc(C(F)CC[C@@H]3CCN(CCCCc4cccc(Cl)c4Cl)C[C@@H]3CCC(=O)O)c2c1. The zero-order valence-corrected chi connectivity index (χ0v) is 23.9. The molecule has 1 aliphatic rings. The summed E-state index contributed by atoms with van der Waals surface area (Å²) >= 11 is 12.5. The Balaban J connectivity index is 1.32. The molecule has 2 heterocycles. The van der Waals surface area contributed by atoms with Gasteiger partial charge < -0.3 is 14.7 Å². The van der Waals surface area contributed by atoms with Gasteiger partial charge in [-0.3, -0.25) is 9.78 Å². The lowest BCUT2D eigenvalue weighted by Crippen LogP contribution is -2.41. The van der Waals surface area contributed by atoms with E-state index in [4.69, 9.17) is 27.9 Å². The number of piperidine rings is 1. The molecule has 0 saturated carbocycles. The van der Waals surface area contributed by atoms with E-state index in [1.807, 2.05) is 30.3 Å². The largest absolute Gasteiger partial charge is 0.497 e. The monoisotopic (exact) mass is 574 g/mol. The summed E-state index contributed by atoms with van der Waals surface area (Å²) in [7, 11) is 1.60. The number of hydrogen-bond donors (Lipinski definition) is 1. The summed E-state index contributed by atoms with van der Waals surface area (Å²) < 4.78 is 20.9. The summed E-state index contributed by atoms with van der Waals surface area (Å²) in [6, 6.07) is 13.0. The van der Waals surface area contributed by atoms with E-state index in [1.54, 1.807) is 25.4 Å². The van der Waals surface area contributed by atoms with E-state index in [0.717, 1.165) is 68.2 Å². The summed E-state index contributed by atoms with van der Waals surface area (Å²) in [5.41, 5.74) is 2.46. The average molecular weight is 576 g/mol. The number of methoxy groups -OCH3 is 1. The van der Waals surface area contributed by atoms with E-state index in [1.165, 1.54) is 0 Å². The smallest absolute Gasteiger partial charge is 0.303 e. The molecule has 3 atom stereocenters. The Labute approximate surface area is 240 Å². The van der Waals surface area contributed by atoms with Gasteiger partial charge in [0, 0.05) is 24.5 Å². The predicted molar refractivity (Wildman–Crippen MR) is 156 cm³/mol. The van der Waals surface area contributed by atoms with Crippen LogP contribution in [0, 0.1) is 11.8 Å². The Morgan fingerprint density at radius 3 is 2.82 bits per heavy atom. The lowest BCUT2D eigenvalue weighted by molar-refractivity contribution is -0.137. The van der Waals surface area contributed by atoms with E-state index in [0.29, 0.717) is 40.1 Å². The van der Waals surface area contributed by atoms with Crippen molar-refractivity contribution in [3.63, 3.8) is 0 Å². The molecule has 1 aliphatic heterocycles. The third-order valence-corrected chi connectivity index (χ3v) is 8.88. The molecule has 1 saturated heterocycles. The Morgan fingerprint density at radius 1 is 1.18 bits per heavy atom. The maximum Gasteiger partial charge on any atom is 0.303 e. The van der Waals surface area contributed by atoms with Crippen LogP contribution in [0.3, 0.4) is 0 Å². The van der Waals surface area contributed by atoms with Crippen molar-refractivity contribution in [2.45, 2.75) is 57.5 Å². The summed E-state index contributed by atoms with van der Waals surface area (Å²) in [5.74, 6) is 0.469. The third-order valence-electron chi connectivity index (χ3n) is 8.02. The van der Waals surface area contributed by atoms with Crippen molar-refractivity contribution >= 4 is 40.1 Å². The molecular weight excluding hydrogens is 538 g/mol. The van der Waals surface area contributed by atoms with Gasteiger partial charge in [-0.25, -0.2) is 4.39 Å². The number of unbranched alkanes of at least 4 members (excludes halogenated alkanes) is 1. The second-order valence-corrected chi connectivity index (χ2v) is 11.3. The van der Waals surface area contributed by atoms with Crippen molar-refractivity contribution in [1.82, 2.24) is 9.88 Å². The Bertz CT molecular complexity index is 1260. The fraction of sp³-hybridized carbons (Fsp3) is 0.484. The van der Waals surface area contributed by atoms with Crippen LogP contribution in [0.1, 0.15) is 62.2 Å². The molecule has 2 aromatic carbocycles. The van der Waals surface area contributed by atoms with Crippen LogP contribution in [0.25, 0.3) is 10.9 Å². The summed E-state index contributed by atoms with van der Waals surface area (Å²) in [6.45, 7) is 2.78. The fourth-order valence-electron chi connectivity index (χ4n) is 5.83. The van der Waals surface area contributed by atoms with Crippen molar-refractivity contribution in [3.05, 3.63) is 69.8 Å². The van der Waals surface area contributed by atoms with Gasteiger partial charge in [-0.2, -0.15) is 0 Å². The number of hydrogen-bond acceptors (Lipinski definition) is 4. The maximum absolute atomic E-state index is 15.6. The third kappa shape index (κ3) is 8.06. The zero-order valence-electron chi connectivity index (χ0n) is 22.4. The number of fused-ring (bicyclic) bond motifs is 1. The molecule has 1 fully saturated rings. The molecule has 1 aromatic heterocycles. The highest BCUT2D eigenvalue weighted by atomic mass is 35.5. The first-order chi connectivity index (χ1) is 18.9. The molecule has 39 heavy (non-hydrogen) atoms. The molecular formula is C31H37Cl2FN2O3. The van der Waals surface area contributed by atoms with Gasteiger partial charge in [-0.1, -0.05) is 35.3 Å². The van der Waals surface area contributed by atoms with E-state index >= 15 is 4.39 Å². The predicted octanol–water partition coefficient (Wildman–Crippen LogP) is 8.17. The van der Waals surface area contributed by atoms with Gasteiger partial charge in [-0.05, 0) is 111 Å². The topological polar surface area (TPSA) is 62.7 Å². The van der Waals surface area contributed by atoms with Crippen molar-refractivity contribution in [2.24, 2.45) is 11.8 Å². The first-order valence-electron chi connectivity index (χ1n) is 13.8. The summed E-state index contributed by atoms with van der Waals surface area (Å²) in [4.78, 5) is 18.2. The van der Waals surface area contributed by atoms with Crippen molar-refractivity contribution in [3.8, 4) is 5.75 Å². The second kappa shape index (κ2) is 14.3. The summed E-state index contributed by atoms with van der Waals surface area (Å²) in [6.07, 6.45) is 6.35. The quantitative estimate of drug-likeness (QED) is 0.208. The number of halogens is 3. The Morgan fingerprint density at radius 2 is 2.03 bits per heavy atom. The molecule has 1 N–H and O–H groups in total. The maximum atomic E-state index is 15.6. The normalized spacial score (nSPS) is 18.8. The van der Waals surface area contributed by atoms with Gasteiger partial charge in [0.15, 0.2) is 0 Å². The molecule has 3 aromatic rings. The number of aliphatic carboxylic acids is 1. The van der Waals surface area contributed by atoms with Gasteiger partial charge in [0.1, 0.15) is 11.9 Å². The van der Waals surface area contributed by atoms with Gasteiger partial charge >= 0.3 is 5.97 Å². The molecule has 0 amide bonds. The highest BCUT2D eigenvalue weighted by Crippen LogP contribution is 2.37. The standard InChI is InChI=1S/C31H37Cl2FN2O3/c1-39-24-10-12-29-26(19-24)25(14-16-35-29)28(34)11-8-21-15-18-36(20-23(21)9-13-30(37)38)17-3-2-5-22-6-4-7-27(32)31(22)33/h4,6-7,10,12,14,16,19,21,23,28H,2-3,5,8-9,11,13,15,17-18,20H2,1H3,(H,37,38)/t21-,23+,28?/m1/s1. The summed E-state index contributed by atoms with van der Waals surface area (Å²) in [5, 5.41) is 11.3. The van der Waals surface area contributed by atoms with Gasteiger partial charge in [0.2, 0.25) is 0 Å². The van der Waals surface area contributed by atoms with Gasteiger partial charge in [-0.15, -0.1) is 0 Å². The van der Waals surface area contributed by atoms with Crippen LogP contribution in [0.5, 0.6) is 5.75 Å². The van der Waals surface area contributed by atoms with Crippen molar-refractivity contribution in [1.29, 1.82) is 0 Å². The van der Waals surface area contributed by atoms with Crippen LogP contribution in [0.2, 0.25) is 10.0 Å². The number of benzene rings is 2. The first kappa shape index (κ1) is 29.6. The highest BCUT2D eigenvalue weighted by molar-refractivity contribution is 6.42. The Kier molecular flexibility index (Phi) is 10.8. The molecule has 8 heteroatoms. The van der Waals surface area contributed by atoms with Crippen LogP contribution in [0.15, 0.2) is 48.7 Å². The number of aryl methyl sites for hydroxylation is 1. The second-order valence-electron chi connectivity index (χ2n) is 10.5. The number of ether oxygens (including phenoxy) is 1.